The fourth-order valence-corrected chi connectivity index (χ4v) is 2.34. The lowest BCUT2D eigenvalue weighted by Gasteiger charge is -2.11. The van der Waals surface area contributed by atoms with Crippen molar-refractivity contribution in [3.05, 3.63) is 30.1 Å². The Morgan fingerprint density at radius 3 is 2.65 bits per heavy atom. The first-order chi connectivity index (χ1) is 8.03. The van der Waals surface area contributed by atoms with Crippen molar-refractivity contribution in [1.82, 2.24) is 9.71 Å². The number of hydrogen-bond acceptors (Lipinski definition) is 4. The summed E-state index contributed by atoms with van der Waals surface area (Å²) >= 11 is 0. The van der Waals surface area contributed by atoms with E-state index in [1.807, 2.05) is 19.1 Å². The van der Waals surface area contributed by atoms with E-state index in [2.05, 4.69) is 9.71 Å². The Labute approximate surface area is 102 Å². The van der Waals surface area contributed by atoms with Crippen molar-refractivity contribution in [2.45, 2.75) is 19.4 Å². The predicted molar refractivity (Wildman–Crippen MR) is 66.2 cm³/mol. The minimum atomic E-state index is -3.24. The molecule has 0 saturated carbocycles. The van der Waals surface area contributed by atoms with Crippen molar-refractivity contribution >= 4 is 10.0 Å². The van der Waals surface area contributed by atoms with Gasteiger partial charge in [0.2, 0.25) is 10.0 Å². The standard InChI is InChI=1S/C11H18N2O3S/c1-10(16-2)9-13-17(14,15)8-5-11-3-6-12-7-4-11/h3-4,6-7,10,13H,5,8-9H2,1-2H3. The van der Waals surface area contributed by atoms with Gasteiger partial charge in [-0.3, -0.25) is 4.98 Å². The molecule has 1 atom stereocenters. The molecule has 0 aromatic carbocycles. The number of aromatic nitrogens is 1. The third-order valence-electron chi connectivity index (χ3n) is 2.40. The monoisotopic (exact) mass is 258 g/mol. The molecule has 6 heteroatoms. The minimum Gasteiger partial charge on any atom is -0.380 e. The lowest BCUT2D eigenvalue weighted by molar-refractivity contribution is 0.122. The molecule has 0 aliphatic heterocycles. The molecule has 1 unspecified atom stereocenters. The summed E-state index contributed by atoms with van der Waals surface area (Å²) in [6.07, 6.45) is 3.68. The summed E-state index contributed by atoms with van der Waals surface area (Å²) in [5, 5.41) is 0. The summed E-state index contributed by atoms with van der Waals surface area (Å²) in [5.74, 6) is 0.0768. The number of pyridine rings is 1. The number of ether oxygens (including phenoxy) is 1. The van der Waals surface area contributed by atoms with E-state index in [1.165, 1.54) is 0 Å². The van der Waals surface area contributed by atoms with E-state index in [4.69, 9.17) is 4.74 Å². The molecule has 0 spiro atoms. The van der Waals surface area contributed by atoms with Gasteiger partial charge in [-0.1, -0.05) is 0 Å². The van der Waals surface area contributed by atoms with Gasteiger partial charge in [0.1, 0.15) is 0 Å². The van der Waals surface area contributed by atoms with Gasteiger partial charge in [0.05, 0.1) is 11.9 Å². The fourth-order valence-electron chi connectivity index (χ4n) is 1.20. The Kier molecular flexibility index (Phi) is 5.54. The van der Waals surface area contributed by atoms with Gasteiger partial charge >= 0.3 is 0 Å². The van der Waals surface area contributed by atoms with Gasteiger partial charge in [-0.05, 0) is 31.0 Å². The molecule has 1 aromatic rings. The molecule has 0 aliphatic rings. The summed E-state index contributed by atoms with van der Waals surface area (Å²) in [5.41, 5.74) is 0.963. The normalized spacial score (nSPS) is 13.5. The van der Waals surface area contributed by atoms with Crippen LogP contribution in [0.5, 0.6) is 0 Å². The van der Waals surface area contributed by atoms with E-state index < -0.39 is 10.0 Å². The third-order valence-corrected chi connectivity index (χ3v) is 3.75. The molecule has 1 heterocycles. The average molecular weight is 258 g/mol. The fraction of sp³-hybridized carbons (Fsp3) is 0.545. The first-order valence-electron chi connectivity index (χ1n) is 5.42. The largest absolute Gasteiger partial charge is 0.380 e. The number of methoxy groups -OCH3 is 1. The molecule has 1 aromatic heterocycles. The quantitative estimate of drug-likeness (QED) is 0.776. The molecular formula is C11H18N2O3S. The van der Waals surface area contributed by atoms with E-state index in [-0.39, 0.29) is 11.9 Å². The summed E-state index contributed by atoms with van der Waals surface area (Å²) in [6.45, 7) is 2.11. The van der Waals surface area contributed by atoms with Crippen LogP contribution < -0.4 is 4.72 Å². The van der Waals surface area contributed by atoms with Crippen LogP contribution in [0.4, 0.5) is 0 Å². The number of nitrogens with one attached hydrogen (secondary N) is 1. The van der Waals surface area contributed by atoms with E-state index in [0.29, 0.717) is 13.0 Å². The molecule has 1 N–H and O–H groups in total. The van der Waals surface area contributed by atoms with Crippen molar-refractivity contribution in [3.8, 4) is 0 Å². The molecule has 0 fully saturated rings. The molecule has 0 aliphatic carbocycles. The highest BCUT2D eigenvalue weighted by molar-refractivity contribution is 7.89. The van der Waals surface area contributed by atoms with Crippen LogP contribution in [-0.4, -0.2) is 38.9 Å². The second-order valence-electron chi connectivity index (χ2n) is 3.82. The van der Waals surface area contributed by atoms with Gasteiger partial charge in [0.25, 0.3) is 0 Å². The highest BCUT2D eigenvalue weighted by atomic mass is 32.2. The highest BCUT2D eigenvalue weighted by Crippen LogP contribution is 2.00. The predicted octanol–water partition coefficient (Wildman–Crippen LogP) is 0.578. The summed E-state index contributed by atoms with van der Waals surface area (Å²) in [6, 6.07) is 3.63. The van der Waals surface area contributed by atoms with Crippen LogP contribution in [0, 0.1) is 0 Å². The van der Waals surface area contributed by atoms with Crippen LogP contribution in [-0.2, 0) is 21.2 Å². The third kappa shape index (κ3) is 5.76. The Balaban J connectivity index is 2.40. The molecular weight excluding hydrogens is 240 g/mol. The molecule has 1 rings (SSSR count). The number of sulfonamides is 1. The Bertz CT molecular complexity index is 420. The number of hydrogen-bond donors (Lipinski definition) is 1. The summed E-state index contributed by atoms with van der Waals surface area (Å²) in [7, 11) is -1.68. The molecule has 0 radical (unpaired) electrons. The van der Waals surface area contributed by atoms with Gasteiger partial charge in [0, 0.05) is 26.0 Å². The van der Waals surface area contributed by atoms with Gasteiger partial charge in [-0.2, -0.15) is 0 Å². The molecule has 5 nitrogen and oxygen atoms in total. The van der Waals surface area contributed by atoms with Crippen LogP contribution in [0.25, 0.3) is 0 Å². The average Bonchev–Trinajstić information content (AvgIpc) is 2.35. The van der Waals surface area contributed by atoms with Gasteiger partial charge in [0.15, 0.2) is 0 Å². The van der Waals surface area contributed by atoms with Crippen molar-refractivity contribution in [1.29, 1.82) is 0 Å². The van der Waals surface area contributed by atoms with Gasteiger partial charge in [-0.25, -0.2) is 13.1 Å². The molecule has 0 amide bonds. The number of aryl methyl sites for hydroxylation is 1. The van der Waals surface area contributed by atoms with E-state index in [0.717, 1.165) is 5.56 Å². The van der Waals surface area contributed by atoms with Crippen molar-refractivity contribution in [2.24, 2.45) is 0 Å². The summed E-state index contributed by atoms with van der Waals surface area (Å²) in [4.78, 5) is 3.88. The SMILES string of the molecule is COC(C)CNS(=O)(=O)CCc1ccncc1. The number of rotatable bonds is 7. The Morgan fingerprint density at radius 2 is 2.06 bits per heavy atom. The number of nitrogens with zero attached hydrogens (tertiary/aromatic N) is 1. The van der Waals surface area contributed by atoms with E-state index >= 15 is 0 Å². The zero-order chi connectivity index (χ0) is 12.7. The van der Waals surface area contributed by atoms with Crippen molar-refractivity contribution in [2.75, 3.05) is 19.4 Å². The zero-order valence-corrected chi connectivity index (χ0v) is 10.9. The Hall–Kier alpha value is -0.980. The second kappa shape index (κ2) is 6.68. The van der Waals surface area contributed by atoms with Crippen LogP contribution in [0.1, 0.15) is 12.5 Å². The minimum absolute atomic E-state index is 0.0768. The Morgan fingerprint density at radius 1 is 1.41 bits per heavy atom. The lowest BCUT2D eigenvalue weighted by Crippen LogP contribution is -2.33. The maximum absolute atomic E-state index is 11.6. The molecule has 96 valence electrons. The first kappa shape index (κ1) is 14.1. The van der Waals surface area contributed by atoms with Crippen molar-refractivity contribution in [3.63, 3.8) is 0 Å². The topological polar surface area (TPSA) is 68.3 Å². The molecule has 0 saturated heterocycles. The summed E-state index contributed by atoms with van der Waals surface area (Å²) < 4.78 is 30.8. The van der Waals surface area contributed by atoms with Crippen molar-refractivity contribution < 1.29 is 13.2 Å². The maximum atomic E-state index is 11.6. The van der Waals surface area contributed by atoms with Crippen LogP contribution in [0.3, 0.4) is 0 Å². The first-order valence-corrected chi connectivity index (χ1v) is 7.08. The highest BCUT2D eigenvalue weighted by Gasteiger charge is 2.11. The van der Waals surface area contributed by atoms with Gasteiger partial charge in [-0.15, -0.1) is 0 Å². The second-order valence-corrected chi connectivity index (χ2v) is 5.75. The lowest BCUT2D eigenvalue weighted by atomic mass is 10.2. The van der Waals surface area contributed by atoms with E-state index in [1.54, 1.807) is 19.5 Å². The maximum Gasteiger partial charge on any atom is 0.212 e. The van der Waals surface area contributed by atoms with Crippen LogP contribution >= 0.6 is 0 Å². The van der Waals surface area contributed by atoms with Crippen LogP contribution in [0.15, 0.2) is 24.5 Å². The smallest absolute Gasteiger partial charge is 0.212 e. The van der Waals surface area contributed by atoms with Crippen LogP contribution in [0.2, 0.25) is 0 Å². The zero-order valence-electron chi connectivity index (χ0n) is 10.1. The molecule has 17 heavy (non-hydrogen) atoms. The van der Waals surface area contributed by atoms with Gasteiger partial charge < -0.3 is 4.74 Å². The van der Waals surface area contributed by atoms with E-state index in [9.17, 15) is 8.42 Å². The molecule has 0 bridgehead atoms.